The van der Waals surface area contributed by atoms with Crippen LogP contribution >= 0.6 is 24.0 Å². The molecule has 1 aliphatic rings. The van der Waals surface area contributed by atoms with Crippen molar-refractivity contribution >= 4 is 24.0 Å². The van der Waals surface area contributed by atoms with Gasteiger partial charge in [-0.25, -0.2) is 9.97 Å². The summed E-state index contributed by atoms with van der Waals surface area (Å²) < 4.78 is 5.38. The Bertz CT molecular complexity index is 662. The first-order chi connectivity index (χ1) is 10.6. The largest absolute Gasteiger partial charge is 0.332 e. The molecule has 0 saturated carbocycles. The molecule has 1 saturated heterocycles. The van der Waals surface area contributed by atoms with Gasteiger partial charge in [-0.1, -0.05) is 30.6 Å². The first-order valence-corrected chi connectivity index (χ1v) is 7.71. The van der Waals surface area contributed by atoms with E-state index in [1.165, 1.54) is 0 Å². The Kier molecular flexibility index (Phi) is 5.91. The second-order valence-corrected chi connectivity index (χ2v) is 6.14. The van der Waals surface area contributed by atoms with E-state index in [1.807, 2.05) is 13.8 Å². The molecule has 126 valence electrons. The van der Waals surface area contributed by atoms with Crippen LogP contribution in [-0.2, 0) is 0 Å². The highest BCUT2D eigenvalue weighted by atomic mass is 35.5. The van der Waals surface area contributed by atoms with E-state index in [9.17, 15) is 0 Å². The van der Waals surface area contributed by atoms with Crippen molar-refractivity contribution in [1.29, 1.82) is 0 Å². The quantitative estimate of drug-likeness (QED) is 0.901. The van der Waals surface area contributed by atoms with Gasteiger partial charge in [0.05, 0.1) is 17.3 Å². The number of nitrogens with zero attached hydrogens (tertiary/aromatic N) is 5. The lowest BCUT2D eigenvalue weighted by atomic mass is 10.2. The zero-order valence-corrected chi connectivity index (χ0v) is 14.9. The van der Waals surface area contributed by atoms with Gasteiger partial charge in [0, 0.05) is 25.6 Å². The highest BCUT2D eigenvalue weighted by molar-refractivity contribution is 6.32. The van der Waals surface area contributed by atoms with Gasteiger partial charge in [-0.3, -0.25) is 4.90 Å². The molecule has 1 atom stereocenters. The van der Waals surface area contributed by atoms with Gasteiger partial charge in [-0.2, -0.15) is 4.98 Å². The molecular formula is C14H20Cl2N6O. The van der Waals surface area contributed by atoms with Crippen molar-refractivity contribution in [3.05, 3.63) is 22.9 Å². The van der Waals surface area contributed by atoms with Crippen molar-refractivity contribution in [2.24, 2.45) is 0 Å². The Hall–Kier alpha value is -1.28. The van der Waals surface area contributed by atoms with Gasteiger partial charge in [-0.15, -0.1) is 12.4 Å². The van der Waals surface area contributed by atoms with Gasteiger partial charge < -0.3 is 9.84 Å². The molecule has 0 bridgehead atoms. The summed E-state index contributed by atoms with van der Waals surface area (Å²) in [6, 6.07) is 0.0939. The first kappa shape index (κ1) is 18.1. The van der Waals surface area contributed by atoms with Gasteiger partial charge in [0.25, 0.3) is 5.89 Å². The summed E-state index contributed by atoms with van der Waals surface area (Å²) in [5.41, 5.74) is 0.491. The number of rotatable bonds is 3. The van der Waals surface area contributed by atoms with Crippen molar-refractivity contribution in [2.75, 3.05) is 26.7 Å². The van der Waals surface area contributed by atoms with Crippen LogP contribution < -0.4 is 5.32 Å². The van der Waals surface area contributed by atoms with Crippen LogP contribution in [0.5, 0.6) is 0 Å². The third-order valence-corrected chi connectivity index (χ3v) is 4.01. The minimum Gasteiger partial charge on any atom is -0.332 e. The fraction of sp³-hybridized carbons (Fsp3) is 0.571. The number of piperazine rings is 1. The molecule has 2 aromatic heterocycles. The topological polar surface area (TPSA) is 80.0 Å². The van der Waals surface area contributed by atoms with E-state index in [-0.39, 0.29) is 24.4 Å². The summed E-state index contributed by atoms with van der Waals surface area (Å²) >= 11 is 6.18. The SMILES string of the molecule is CC(C)c1ncc(Cl)c(-c2nc(C3CNCCN3C)no2)n1.Cl. The minimum atomic E-state index is 0. The van der Waals surface area contributed by atoms with E-state index >= 15 is 0 Å². The number of hydrogen-bond acceptors (Lipinski definition) is 7. The average Bonchev–Trinajstić information content (AvgIpc) is 2.97. The van der Waals surface area contributed by atoms with Gasteiger partial charge in [0.2, 0.25) is 0 Å². The monoisotopic (exact) mass is 358 g/mol. The Morgan fingerprint density at radius 2 is 2.17 bits per heavy atom. The lowest BCUT2D eigenvalue weighted by Crippen LogP contribution is -2.44. The highest BCUT2D eigenvalue weighted by Crippen LogP contribution is 2.27. The second kappa shape index (κ2) is 7.53. The van der Waals surface area contributed by atoms with Crippen LogP contribution in [0.3, 0.4) is 0 Å². The van der Waals surface area contributed by atoms with Crippen molar-refractivity contribution < 1.29 is 4.52 Å². The number of nitrogens with one attached hydrogen (secondary N) is 1. The number of hydrogen-bond donors (Lipinski definition) is 1. The van der Waals surface area contributed by atoms with Crippen LogP contribution in [-0.4, -0.2) is 51.7 Å². The van der Waals surface area contributed by atoms with Crippen molar-refractivity contribution in [2.45, 2.75) is 25.8 Å². The molecular weight excluding hydrogens is 339 g/mol. The molecule has 1 unspecified atom stereocenters. The lowest BCUT2D eigenvalue weighted by Gasteiger charge is -2.30. The van der Waals surface area contributed by atoms with E-state index in [0.717, 1.165) is 19.6 Å². The lowest BCUT2D eigenvalue weighted by molar-refractivity contribution is 0.190. The molecule has 1 aliphatic heterocycles. The number of halogens is 2. The van der Waals surface area contributed by atoms with Gasteiger partial charge in [-0.05, 0) is 7.05 Å². The minimum absolute atomic E-state index is 0. The Morgan fingerprint density at radius 3 is 2.87 bits per heavy atom. The maximum atomic E-state index is 6.18. The predicted molar refractivity (Wildman–Crippen MR) is 89.9 cm³/mol. The van der Waals surface area contributed by atoms with Crippen LogP contribution in [0.2, 0.25) is 5.02 Å². The maximum Gasteiger partial charge on any atom is 0.278 e. The smallest absolute Gasteiger partial charge is 0.278 e. The molecule has 0 radical (unpaired) electrons. The summed E-state index contributed by atoms with van der Waals surface area (Å²) in [7, 11) is 2.05. The Morgan fingerprint density at radius 1 is 1.39 bits per heavy atom. The molecule has 7 nitrogen and oxygen atoms in total. The fourth-order valence-electron chi connectivity index (χ4n) is 2.37. The van der Waals surface area contributed by atoms with E-state index in [4.69, 9.17) is 16.1 Å². The first-order valence-electron chi connectivity index (χ1n) is 7.33. The average molecular weight is 359 g/mol. The summed E-state index contributed by atoms with van der Waals surface area (Å²) in [5.74, 6) is 1.89. The van der Waals surface area contributed by atoms with E-state index in [1.54, 1.807) is 6.20 Å². The fourth-order valence-corrected chi connectivity index (χ4v) is 2.54. The van der Waals surface area contributed by atoms with Crippen molar-refractivity contribution in [1.82, 2.24) is 30.3 Å². The van der Waals surface area contributed by atoms with E-state index < -0.39 is 0 Å². The Labute approximate surface area is 146 Å². The highest BCUT2D eigenvalue weighted by Gasteiger charge is 2.26. The summed E-state index contributed by atoms with van der Waals surface area (Å²) in [6.45, 7) is 6.75. The molecule has 1 fully saturated rings. The number of likely N-dealkylation sites (N-methyl/N-ethyl adjacent to an activating group) is 1. The molecule has 3 rings (SSSR count). The van der Waals surface area contributed by atoms with E-state index in [2.05, 4.69) is 37.4 Å². The van der Waals surface area contributed by atoms with Crippen LogP contribution in [0.1, 0.15) is 37.5 Å². The molecule has 0 aromatic carbocycles. The molecule has 1 N–H and O–H groups in total. The normalized spacial score (nSPS) is 18.9. The molecule has 23 heavy (non-hydrogen) atoms. The van der Waals surface area contributed by atoms with Crippen LogP contribution in [0.15, 0.2) is 10.7 Å². The maximum absolute atomic E-state index is 6.18. The van der Waals surface area contributed by atoms with Gasteiger partial charge >= 0.3 is 0 Å². The zero-order chi connectivity index (χ0) is 15.7. The van der Waals surface area contributed by atoms with Crippen LogP contribution in [0.4, 0.5) is 0 Å². The predicted octanol–water partition coefficient (Wildman–Crippen LogP) is 2.30. The Balaban J connectivity index is 0.00000192. The van der Waals surface area contributed by atoms with Crippen molar-refractivity contribution in [3.8, 4) is 11.6 Å². The standard InChI is InChI=1S/C14H19ClN6O.ClH/c1-8(2)12-17-6-9(15)11(18-12)14-19-13(20-22-14)10-7-16-4-5-21(10)3;/h6,8,10,16H,4-5,7H2,1-3H3;1H. The molecule has 3 heterocycles. The molecule has 9 heteroatoms. The van der Waals surface area contributed by atoms with Crippen LogP contribution in [0, 0.1) is 0 Å². The molecule has 0 amide bonds. The summed E-state index contributed by atoms with van der Waals surface area (Å²) in [6.07, 6.45) is 1.58. The zero-order valence-electron chi connectivity index (χ0n) is 13.3. The van der Waals surface area contributed by atoms with Gasteiger partial charge in [0.15, 0.2) is 11.5 Å². The molecule has 2 aromatic rings. The summed E-state index contributed by atoms with van der Waals surface area (Å²) in [4.78, 5) is 15.4. The second-order valence-electron chi connectivity index (χ2n) is 5.74. The van der Waals surface area contributed by atoms with Crippen LogP contribution in [0.25, 0.3) is 11.6 Å². The van der Waals surface area contributed by atoms with Gasteiger partial charge in [0.1, 0.15) is 5.82 Å². The van der Waals surface area contributed by atoms with Crippen molar-refractivity contribution in [3.63, 3.8) is 0 Å². The summed E-state index contributed by atoms with van der Waals surface area (Å²) in [5, 5.41) is 7.84. The third kappa shape index (κ3) is 3.80. The molecule has 0 aliphatic carbocycles. The molecule has 0 spiro atoms. The number of aromatic nitrogens is 4. The van der Waals surface area contributed by atoms with E-state index in [0.29, 0.717) is 28.3 Å². The third-order valence-electron chi connectivity index (χ3n) is 3.73.